The van der Waals surface area contributed by atoms with Crippen LogP contribution in [0.15, 0.2) is 53.5 Å². The highest BCUT2D eigenvalue weighted by Crippen LogP contribution is 2.31. The number of hydrogen-bond donors (Lipinski definition) is 2. The molecule has 0 aliphatic rings. The van der Waals surface area contributed by atoms with Crippen LogP contribution in [-0.4, -0.2) is 17.6 Å². The number of amidine groups is 1. The van der Waals surface area contributed by atoms with Gasteiger partial charge in [0.2, 0.25) is 5.91 Å². The zero-order valence-corrected chi connectivity index (χ0v) is 11.9. The topological polar surface area (TPSA) is 90.7 Å². The predicted molar refractivity (Wildman–Crippen MR) is 83.5 cm³/mol. The third kappa shape index (κ3) is 3.97. The molecule has 0 saturated carbocycles. The van der Waals surface area contributed by atoms with Gasteiger partial charge in [-0.2, -0.15) is 0 Å². The molecule has 2 aromatic carbocycles. The van der Waals surface area contributed by atoms with Gasteiger partial charge in [-0.05, 0) is 36.4 Å². The Balaban J connectivity index is 2.25. The minimum Gasteiger partial charge on any atom is -0.455 e. The standard InChI is InChI=1S/C15H14ClN3O2/c16-9-14(17)19-12-3-1-2-4-13(12)21-11-7-5-10(6-8-11)15(18)20/h1-8H,9H2,(H2,17,19)(H2,18,20). The van der Waals surface area contributed by atoms with Crippen LogP contribution in [0, 0.1) is 0 Å². The van der Waals surface area contributed by atoms with Gasteiger partial charge in [-0.3, -0.25) is 4.79 Å². The van der Waals surface area contributed by atoms with Crippen molar-refractivity contribution in [3.05, 3.63) is 54.1 Å². The fourth-order valence-electron chi connectivity index (χ4n) is 1.63. The van der Waals surface area contributed by atoms with Gasteiger partial charge in [-0.15, -0.1) is 11.6 Å². The molecule has 0 aliphatic carbocycles. The van der Waals surface area contributed by atoms with Crippen LogP contribution in [0.3, 0.4) is 0 Å². The van der Waals surface area contributed by atoms with Crippen LogP contribution >= 0.6 is 11.6 Å². The Kier molecular flexibility index (Phi) is 4.79. The average Bonchev–Trinajstić information content (AvgIpc) is 2.49. The molecule has 0 saturated heterocycles. The van der Waals surface area contributed by atoms with E-state index in [-0.39, 0.29) is 5.88 Å². The Hall–Kier alpha value is -2.53. The Labute approximate surface area is 127 Å². The van der Waals surface area contributed by atoms with Crippen molar-refractivity contribution in [1.82, 2.24) is 0 Å². The second-order valence-corrected chi connectivity index (χ2v) is 4.46. The van der Waals surface area contributed by atoms with Gasteiger partial charge in [0.1, 0.15) is 17.3 Å². The molecule has 0 unspecified atom stereocenters. The summed E-state index contributed by atoms with van der Waals surface area (Å²) in [6, 6.07) is 13.7. The van der Waals surface area contributed by atoms with Crippen LogP contribution in [0.25, 0.3) is 0 Å². The molecular formula is C15H14ClN3O2. The summed E-state index contributed by atoms with van der Waals surface area (Å²) in [5.41, 5.74) is 11.8. The molecule has 21 heavy (non-hydrogen) atoms. The molecule has 0 bridgehead atoms. The number of ether oxygens (including phenoxy) is 1. The van der Waals surface area contributed by atoms with Crippen LogP contribution in [0.4, 0.5) is 5.69 Å². The molecular weight excluding hydrogens is 290 g/mol. The number of aliphatic imine (C=N–C) groups is 1. The Morgan fingerprint density at radius 1 is 1.10 bits per heavy atom. The summed E-state index contributed by atoms with van der Waals surface area (Å²) in [5, 5.41) is 0. The van der Waals surface area contributed by atoms with E-state index in [9.17, 15) is 4.79 Å². The minimum atomic E-state index is -0.485. The number of hydrogen-bond acceptors (Lipinski definition) is 3. The van der Waals surface area contributed by atoms with Crippen LogP contribution in [0.2, 0.25) is 0 Å². The van der Waals surface area contributed by atoms with Crippen molar-refractivity contribution < 1.29 is 9.53 Å². The summed E-state index contributed by atoms with van der Waals surface area (Å²) < 4.78 is 5.73. The third-order valence-corrected chi connectivity index (χ3v) is 2.91. The van der Waals surface area contributed by atoms with Crippen LogP contribution in [-0.2, 0) is 0 Å². The average molecular weight is 304 g/mol. The lowest BCUT2D eigenvalue weighted by atomic mass is 10.2. The van der Waals surface area contributed by atoms with Gasteiger partial charge < -0.3 is 16.2 Å². The van der Waals surface area contributed by atoms with Crippen molar-refractivity contribution in [3.63, 3.8) is 0 Å². The second-order valence-electron chi connectivity index (χ2n) is 4.20. The molecule has 0 atom stereocenters. The number of benzene rings is 2. The molecule has 2 aromatic rings. The first-order valence-corrected chi connectivity index (χ1v) is 6.69. The molecule has 2 rings (SSSR count). The first kappa shape index (κ1) is 14.9. The summed E-state index contributed by atoms with van der Waals surface area (Å²) >= 11 is 5.62. The van der Waals surface area contributed by atoms with Gasteiger partial charge >= 0.3 is 0 Å². The first-order valence-electron chi connectivity index (χ1n) is 6.16. The van der Waals surface area contributed by atoms with Gasteiger partial charge in [0.15, 0.2) is 5.75 Å². The van der Waals surface area contributed by atoms with Crippen molar-refractivity contribution in [1.29, 1.82) is 0 Å². The fraction of sp³-hybridized carbons (Fsp3) is 0.0667. The van der Waals surface area contributed by atoms with E-state index >= 15 is 0 Å². The largest absolute Gasteiger partial charge is 0.455 e. The van der Waals surface area contributed by atoms with E-state index in [1.54, 1.807) is 36.4 Å². The van der Waals surface area contributed by atoms with Crippen molar-refractivity contribution in [3.8, 4) is 11.5 Å². The smallest absolute Gasteiger partial charge is 0.248 e. The summed E-state index contributed by atoms with van der Waals surface area (Å²) in [5.74, 6) is 1.06. The van der Waals surface area contributed by atoms with Crippen LogP contribution in [0.1, 0.15) is 10.4 Å². The molecule has 6 heteroatoms. The van der Waals surface area contributed by atoms with Gasteiger partial charge in [-0.25, -0.2) is 4.99 Å². The summed E-state index contributed by atoms with van der Waals surface area (Å²) in [7, 11) is 0. The van der Waals surface area contributed by atoms with Crippen molar-refractivity contribution >= 4 is 29.0 Å². The predicted octanol–water partition coefficient (Wildman–Crippen LogP) is 2.81. The summed E-state index contributed by atoms with van der Waals surface area (Å²) in [6.45, 7) is 0. The highest BCUT2D eigenvalue weighted by atomic mass is 35.5. The van der Waals surface area contributed by atoms with Gasteiger partial charge in [0.05, 0.1) is 5.88 Å². The number of nitrogens with two attached hydrogens (primary N) is 2. The number of rotatable bonds is 5. The van der Waals surface area contributed by atoms with Gasteiger partial charge in [0, 0.05) is 5.56 Å². The van der Waals surface area contributed by atoms with E-state index in [4.69, 9.17) is 27.8 Å². The molecule has 0 heterocycles. The molecule has 1 amide bonds. The van der Waals surface area contributed by atoms with E-state index in [0.29, 0.717) is 28.6 Å². The molecule has 108 valence electrons. The Morgan fingerprint density at radius 2 is 1.76 bits per heavy atom. The molecule has 0 fully saturated rings. The number of nitrogens with zero attached hydrogens (tertiary/aromatic N) is 1. The van der Waals surface area contributed by atoms with Crippen molar-refractivity contribution in [2.75, 3.05) is 5.88 Å². The third-order valence-electron chi connectivity index (χ3n) is 2.63. The van der Waals surface area contributed by atoms with Crippen molar-refractivity contribution in [2.45, 2.75) is 0 Å². The number of para-hydroxylation sites is 2. The number of amides is 1. The molecule has 0 aromatic heterocycles. The lowest BCUT2D eigenvalue weighted by Gasteiger charge is -2.09. The molecule has 0 spiro atoms. The second kappa shape index (κ2) is 6.76. The molecule has 0 radical (unpaired) electrons. The maximum absolute atomic E-state index is 11.0. The van der Waals surface area contributed by atoms with E-state index in [2.05, 4.69) is 4.99 Å². The maximum atomic E-state index is 11.0. The monoisotopic (exact) mass is 303 g/mol. The number of alkyl halides is 1. The van der Waals surface area contributed by atoms with Gasteiger partial charge in [0.25, 0.3) is 0 Å². The molecule has 0 aliphatic heterocycles. The fourth-order valence-corrected chi connectivity index (χ4v) is 1.69. The van der Waals surface area contributed by atoms with Gasteiger partial charge in [-0.1, -0.05) is 12.1 Å². The van der Waals surface area contributed by atoms with Crippen LogP contribution < -0.4 is 16.2 Å². The maximum Gasteiger partial charge on any atom is 0.248 e. The van der Waals surface area contributed by atoms with E-state index in [1.165, 1.54) is 0 Å². The van der Waals surface area contributed by atoms with E-state index < -0.39 is 5.91 Å². The normalized spacial score (nSPS) is 11.2. The number of carbonyl (C=O) groups is 1. The Bertz CT molecular complexity index is 669. The van der Waals surface area contributed by atoms with Crippen molar-refractivity contribution in [2.24, 2.45) is 16.5 Å². The lowest BCUT2D eigenvalue weighted by Crippen LogP contribution is -2.12. The number of carbonyl (C=O) groups excluding carboxylic acids is 1. The quantitative estimate of drug-likeness (QED) is 0.505. The zero-order chi connectivity index (χ0) is 15.2. The highest BCUT2D eigenvalue weighted by Gasteiger charge is 2.05. The number of halogens is 1. The lowest BCUT2D eigenvalue weighted by molar-refractivity contribution is 0.100. The van der Waals surface area contributed by atoms with Crippen LogP contribution in [0.5, 0.6) is 11.5 Å². The SMILES string of the molecule is NC(=O)c1ccc(Oc2ccccc2N=C(N)CCl)cc1. The Morgan fingerprint density at radius 3 is 2.38 bits per heavy atom. The summed E-state index contributed by atoms with van der Waals surface area (Å²) in [4.78, 5) is 15.2. The minimum absolute atomic E-state index is 0.141. The molecule has 4 N–H and O–H groups in total. The zero-order valence-electron chi connectivity index (χ0n) is 11.1. The summed E-state index contributed by atoms with van der Waals surface area (Å²) in [6.07, 6.45) is 0. The van der Waals surface area contributed by atoms with E-state index in [0.717, 1.165) is 0 Å². The highest BCUT2D eigenvalue weighted by molar-refractivity contribution is 6.28. The van der Waals surface area contributed by atoms with E-state index in [1.807, 2.05) is 12.1 Å². The number of primary amides is 1. The first-order chi connectivity index (χ1) is 10.1. The molecule has 5 nitrogen and oxygen atoms in total.